The Bertz CT molecular complexity index is 1550. The summed E-state index contributed by atoms with van der Waals surface area (Å²) in [5.74, 6) is -1.29. The van der Waals surface area contributed by atoms with Crippen LogP contribution in [0.1, 0.15) is 51.3 Å². The number of likely N-dealkylation sites (N-methyl/N-ethyl adjacent to an activating group) is 1. The number of rotatable bonds is 4. The molecular weight excluding hydrogens is 532 g/mol. The topological polar surface area (TPSA) is 108 Å². The van der Waals surface area contributed by atoms with Gasteiger partial charge in [-0.05, 0) is 69.4 Å². The fourth-order valence-electron chi connectivity index (χ4n) is 5.55. The maximum absolute atomic E-state index is 13.6. The molecule has 42 heavy (non-hydrogen) atoms. The summed E-state index contributed by atoms with van der Waals surface area (Å²) in [7, 11) is 1.68. The van der Waals surface area contributed by atoms with Crippen LogP contribution in [-0.2, 0) is 25.5 Å². The number of carbonyl (C=O) groups is 4. The Morgan fingerprint density at radius 1 is 0.905 bits per heavy atom. The Labute approximate surface area is 245 Å². The van der Waals surface area contributed by atoms with Crippen LogP contribution >= 0.6 is 0 Å². The van der Waals surface area contributed by atoms with E-state index in [1.165, 1.54) is 4.90 Å². The zero-order chi connectivity index (χ0) is 30.2. The lowest BCUT2D eigenvalue weighted by Crippen LogP contribution is -2.57. The second-order valence-corrected chi connectivity index (χ2v) is 11.7. The minimum absolute atomic E-state index is 0.292. The number of benzene rings is 3. The molecule has 0 saturated heterocycles. The lowest BCUT2D eigenvalue weighted by molar-refractivity contribution is -0.131. The Hall–Kier alpha value is -4.66. The molecule has 0 unspecified atom stereocenters. The standard InChI is InChI=1S/C33H36N4O5/c1-20(34-30(39)27-19-18-21-12-6-10-16-25(21)37(27)32(41)42-33(2,3)4)29(38)35-28-24-15-8-7-13-22(24)23-14-9-11-17-26(23)36(5)31(28)40/h6-17,20,27-28H,18-19H2,1-5H3,(H,34,39)(H,35,38)/t20-,27-,28-/m0/s1. The van der Waals surface area contributed by atoms with Gasteiger partial charge in [0, 0.05) is 12.6 Å². The molecule has 218 valence electrons. The number of aryl methyl sites for hydroxylation is 1. The zero-order valence-corrected chi connectivity index (χ0v) is 24.5. The number of nitrogens with one attached hydrogen (secondary N) is 2. The molecule has 2 aliphatic heterocycles. The molecule has 0 radical (unpaired) electrons. The van der Waals surface area contributed by atoms with Crippen LogP contribution in [0.2, 0.25) is 0 Å². The molecule has 4 amide bonds. The van der Waals surface area contributed by atoms with E-state index < -0.39 is 41.6 Å². The van der Waals surface area contributed by atoms with Gasteiger partial charge in [0.1, 0.15) is 23.7 Å². The quantitative estimate of drug-likeness (QED) is 0.472. The molecular formula is C33H36N4O5. The summed E-state index contributed by atoms with van der Waals surface area (Å²) < 4.78 is 5.65. The average Bonchev–Trinajstić information content (AvgIpc) is 3.05. The molecule has 9 nitrogen and oxygen atoms in total. The van der Waals surface area contributed by atoms with Crippen LogP contribution in [0.4, 0.5) is 16.2 Å². The van der Waals surface area contributed by atoms with Crippen molar-refractivity contribution in [2.24, 2.45) is 0 Å². The van der Waals surface area contributed by atoms with E-state index >= 15 is 0 Å². The third-order valence-electron chi connectivity index (χ3n) is 7.59. The van der Waals surface area contributed by atoms with Crippen molar-refractivity contribution in [3.8, 4) is 11.1 Å². The first-order valence-corrected chi connectivity index (χ1v) is 14.1. The molecule has 2 aliphatic rings. The number of amides is 4. The van der Waals surface area contributed by atoms with Gasteiger partial charge in [0.15, 0.2) is 0 Å². The summed E-state index contributed by atoms with van der Waals surface area (Å²) in [5.41, 5.74) is 3.95. The normalized spacial score (nSPS) is 18.5. The summed E-state index contributed by atoms with van der Waals surface area (Å²) in [6.07, 6.45) is 0.331. The Morgan fingerprint density at radius 3 is 2.24 bits per heavy atom. The van der Waals surface area contributed by atoms with Crippen LogP contribution in [0.5, 0.6) is 0 Å². The number of carbonyl (C=O) groups excluding carboxylic acids is 4. The molecule has 0 aromatic heterocycles. The Kier molecular flexibility index (Phi) is 7.77. The highest BCUT2D eigenvalue weighted by molar-refractivity contribution is 6.06. The monoisotopic (exact) mass is 568 g/mol. The number of ether oxygens (including phenoxy) is 1. The lowest BCUT2D eigenvalue weighted by atomic mass is 9.95. The number of fused-ring (bicyclic) bond motifs is 4. The molecule has 0 aliphatic carbocycles. The van der Waals surface area contributed by atoms with Gasteiger partial charge in [-0.1, -0.05) is 60.7 Å². The lowest BCUT2D eigenvalue weighted by Gasteiger charge is -2.37. The van der Waals surface area contributed by atoms with Crippen molar-refractivity contribution >= 4 is 35.2 Å². The van der Waals surface area contributed by atoms with E-state index in [4.69, 9.17) is 4.74 Å². The number of hydrogen-bond acceptors (Lipinski definition) is 5. The Balaban J connectivity index is 1.36. The van der Waals surface area contributed by atoms with Crippen molar-refractivity contribution in [3.63, 3.8) is 0 Å². The predicted octanol–water partition coefficient (Wildman–Crippen LogP) is 4.75. The molecule has 3 aromatic rings. The smallest absolute Gasteiger partial charge is 0.415 e. The highest BCUT2D eigenvalue weighted by Gasteiger charge is 2.39. The van der Waals surface area contributed by atoms with Crippen LogP contribution in [-0.4, -0.2) is 48.5 Å². The van der Waals surface area contributed by atoms with E-state index in [-0.39, 0.29) is 5.91 Å². The maximum Gasteiger partial charge on any atom is 0.415 e. The van der Waals surface area contributed by atoms with Gasteiger partial charge in [0.05, 0.1) is 11.4 Å². The highest BCUT2D eigenvalue weighted by Crippen LogP contribution is 2.39. The highest BCUT2D eigenvalue weighted by atomic mass is 16.6. The zero-order valence-electron chi connectivity index (χ0n) is 24.5. The first kappa shape index (κ1) is 28.9. The second-order valence-electron chi connectivity index (χ2n) is 11.7. The van der Waals surface area contributed by atoms with Crippen LogP contribution in [0, 0.1) is 0 Å². The van der Waals surface area contributed by atoms with Crippen molar-refractivity contribution in [2.45, 2.75) is 64.3 Å². The van der Waals surface area contributed by atoms with Crippen molar-refractivity contribution in [3.05, 3.63) is 83.9 Å². The molecule has 0 bridgehead atoms. The van der Waals surface area contributed by atoms with Crippen LogP contribution in [0.3, 0.4) is 0 Å². The molecule has 9 heteroatoms. The van der Waals surface area contributed by atoms with E-state index in [1.807, 2.05) is 66.7 Å². The number of hydrogen-bond donors (Lipinski definition) is 2. The predicted molar refractivity (Wildman–Crippen MR) is 161 cm³/mol. The molecule has 0 fully saturated rings. The van der Waals surface area contributed by atoms with Gasteiger partial charge in [-0.3, -0.25) is 19.3 Å². The van der Waals surface area contributed by atoms with Gasteiger partial charge in [0.2, 0.25) is 11.8 Å². The third-order valence-corrected chi connectivity index (χ3v) is 7.59. The van der Waals surface area contributed by atoms with Crippen molar-refractivity contribution in [1.82, 2.24) is 10.6 Å². The fraction of sp³-hybridized carbons (Fsp3) is 0.333. The van der Waals surface area contributed by atoms with E-state index in [9.17, 15) is 19.2 Å². The third kappa shape index (κ3) is 5.59. The number of anilines is 2. The summed E-state index contributed by atoms with van der Waals surface area (Å²) >= 11 is 0. The molecule has 2 heterocycles. The minimum atomic E-state index is -0.981. The van der Waals surface area contributed by atoms with Crippen LogP contribution in [0.15, 0.2) is 72.8 Å². The molecule has 0 saturated carbocycles. The van der Waals surface area contributed by atoms with Gasteiger partial charge < -0.3 is 20.3 Å². The fourth-order valence-corrected chi connectivity index (χ4v) is 5.55. The van der Waals surface area contributed by atoms with Crippen molar-refractivity contribution in [1.29, 1.82) is 0 Å². The maximum atomic E-state index is 13.6. The SMILES string of the molecule is C[C@H](NC(=O)[C@@H]1CCc2ccccc2N1C(=O)OC(C)(C)C)C(=O)N[C@@H]1C(=O)N(C)c2ccccc2-c2ccccc21. The van der Waals surface area contributed by atoms with Gasteiger partial charge in [-0.15, -0.1) is 0 Å². The van der Waals surface area contributed by atoms with Gasteiger partial charge >= 0.3 is 6.09 Å². The van der Waals surface area contributed by atoms with Gasteiger partial charge in [0.25, 0.3) is 5.91 Å². The van der Waals surface area contributed by atoms with Gasteiger partial charge in [-0.2, -0.15) is 0 Å². The molecule has 3 atom stereocenters. The first-order valence-electron chi connectivity index (χ1n) is 14.1. The summed E-state index contributed by atoms with van der Waals surface area (Å²) in [6, 6.07) is 19.7. The van der Waals surface area contributed by atoms with E-state index in [0.29, 0.717) is 24.1 Å². The Morgan fingerprint density at radius 2 is 1.52 bits per heavy atom. The number of para-hydroxylation sites is 2. The molecule has 2 N–H and O–H groups in total. The molecule has 0 spiro atoms. The summed E-state index contributed by atoms with van der Waals surface area (Å²) in [5, 5.41) is 5.64. The van der Waals surface area contributed by atoms with E-state index in [1.54, 1.807) is 45.7 Å². The first-order chi connectivity index (χ1) is 20.0. The second kappa shape index (κ2) is 11.3. The van der Waals surface area contributed by atoms with Gasteiger partial charge in [-0.25, -0.2) is 4.79 Å². The minimum Gasteiger partial charge on any atom is -0.443 e. The molecule has 5 rings (SSSR count). The van der Waals surface area contributed by atoms with E-state index in [0.717, 1.165) is 22.4 Å². The largest absolute Gasteiger partial charge is 0.443 e. The molecule has 3 aromatic carbocycles. The number of nitrogens with zero attached hydrogens (tertiary/aromatic N) is 2. The van der Waals surface area contributed by atoms with Crippen molar-refractivity contribution < 1.29 is 23.9 Å². The van der Waals surface area contributed by atoms with E-state index in [2.05, 4.69) is 10.6 Å². The average molecular weight is 569 g/mol. The van der Waals surface area contributed by atoms with Crippen molar-refractivity contribution in [2.75, 3.05) is 16.8 Å². The summed E-state index contributed by atoms with van der Waals surface area (Å²) in [6.45, 7) is 6.87. The summed E-state index contributed by atoms with van der Waals surface area (Å²) in [4.78, 5) is 56.9. The van der Waals surface area contributed by atoms with Crippen LogP contribution < -0.4 is 20.4 Å². The van der Waals surface area contributed by atoms with Crippen LogP contribution in [0.25, 0.3) is 11.1 Å².